The zero-order chi connectivity index (χ0) is 18.9. The minimum Gasteiger partial charge on any atom is -0.360 e. The van der Waals surface area contributed by atoms with Gasteiger partial charge in [0.25, 0.3) is 0 Å². The summed E-state index contributed by atoms with van der Waals surface area (Å²) >= 11 is 5.74. The van der Waals surface area contributed by atoms with E-state index >= 15 is 0 Å². The van der Waals surface area contributed by atoms with E-state index in [2.05, 4.69) is 10.3 Å². The topological polar surface area (TPSA) is 28.2 Å². The van der Waals surface area contributed by atoms with Crippen molar-refractivity contribution in [1.82, 2.24) is 15.2 Å². The molecule has 144 valence electrons. The molecule has 1 aromatic heterocycles. The molecular weight excluding hydrogens is 357 g/mol. The zero-order valence-electron chi connectivity index (χ0n) is 15.7. The highest BCUT2D eigenvalue weighted by Crippen LogP contribution is 2.18. The molecular formula is C22H28FN3S. The van der Waals surface area contributed by atoms with Gasteiger partial charge in [0, 0.05) is 24.3 Å². The standard InChI is InChI=1S/C22H28FN3S/c23-21-14-7-6-10-18(21)16-26(17-20-13-8-9-15-24-20)22(27)25-19-11-4-2-1-3-5-12-19/h6-10,13-15,19H,1-5,11-12,16-17H2,(H,25,27). The first-order valence-corrected chi connectivity index (χ1v) is 10.3. The molecule has 1 N–H and O–H groups in total. The molecule has 0 amide bonds. The minimum absolute atomic E-state index is 0.197. The maximum absolute atomic E-state index is 14.2. The molecule has 1 aromatic carbocycles. The van der Waals surface area contributed by atoms with Crippen LogP contribution in [0.25, 0.3) is 0 Å². The maximum atomic E-state index is 14.2. The van der Waals surface area contributed by atoms with E-state index in [1.54, 1.807) is 12.3 Å². The molecule has 1 fully saturated rings. The molecule has 0 aliphatic heterocycles. The lowest BCUT2D eigenvalue weighted by molar-refractivity contribution is 0.362. The van der Waals surface area contributed by atoms with Gasteiger partial charge in [0.1, 0.15) is 5.82 Å². The van der Waals surface area contributed by atoms with Gasteiger partial charge in [-0.1, -0.05) is 56.4 Å². The van der Waals surface area contributed by atoms with Crippen LogP contribution < -0.4 is 5.32 Å². The van der Waals surface area contributed by atoms with Crippen molar-refractivity contribution in [2.24, 2.45) is 0 Å². The van der Waals surface area contributed by atoms with Crippen molar-refractivity contribution in [1.29, 1.82) is 0 Å². The Morgan fingerprint density at radius 3 is 2.41 bits per heavy atom. The number of rotatable bonds is 5. The molecule has 1 saturated carbocycles. The molecule has 0 unspecified atom stereocenters. The molecule has 1 aliphatic rings. The molecule has 3 rings (SSSR count). The summed E-state index contributed by atoms with van der Waals surface area (Å²) < 4.78 is 14.2. The van der Waals surface area contributed by atoms with Crippen LogP contribution in [0.2, 0.25) is 0 Å². The summed E-state index contributed by atoms with van der Waals surface area (Å²) in [7, 11) is 0. The van der Waals surface area contributed by atoms with Gasteiger partial charge in [-0.05, 0) is 43.3 Å². The van der Waals surface area contributed by atoms with Crippen LogP contribution in [0.4, 0.5) is 4.39 Å². The van der Waals surface area contributed by atoms with Crippen molar-refractivity contribution in [3.8, 4) is 0 Å². The summed E-state index contributed by atoms with van der Waals surface area (Å²) in [6.45, 7) is 0.996. The lowest BCUT2D eigenvalue weighted by atomic mass is 9.97. The number of nitrogens with one attached hydrogen (secondary N) is 1. The summed E-state index contributed by atoms with van der Waals surface area (Å²) in [4.78, 5) is 6.44. The number of pyridine rings is 1. The summed E-state index contributed by atoms with van der Waals surface area (Å²) in [6.07, 6.45) is 10.5. The molecule has 0 bridgehead atoms. The molecule has 0 saturated heterocycles. The van der Waals surface area contributed by atoms with Crippen LogP contribution in [0, 0.1) is 5.82 Å². The van der Waals surface area contributed by atoms with Gasteiger partial charge < -0.3 is 10.2 Å². The quantitative estimate of drug-likeness (QED) is 0.715. The van der Waals surface area contributed by atoms with E-state index in [-0.39, 0.29) is 5.82 Å². The third-order valence-corrected chi connectivity index (χ3v) is 5.49. The molecule has 0 radical (unpaired) electrons. The van der Waals surface area contributed by atoms with Crippen LogP contribution >= 0.6 is 12.2 Å². The first-order valence-electron chi connectivity index (χ1n) is 9.91. The van der Waals surface area contributed by atoms with Crippen molar-refractivity contribution >= 4 is 17.3 Å². The fourth-order valence-electron chi connectivity index (χ4n) is 3.59. The Morgan fingerprint density at radius 1 is 1.00 bits per heavy atom. The van der Waals surface area contributed by atoms with E-state index in [0.29, 0.717) is 29.8 Å². The molecule has 5 heteroatoms. The minimum atomic E-state index is -0.197. The van der Waals surface area contributed by atoms with Gasteiger partial charge in [0.15, 0.2) is 5.11 Å². The number of benzene rings is 1. The Balaban J connectivity index is 1.71. The first kappa shape index (κ1) is 19.7. The summed E-state index contributed by atoms with van der Waals surface area (Å²) in [5.74, 6) is -0.197. The molecule has 0 spiro atoms. The van der Waals surface area contributed by atoms with Gasteiger partial charge in [-0.2, -0.15) is 0 Å². The Labute approximate surface area is 167 Å². The van der Waals surface area contributed by atoms with Crippen LogP contribution in [-0.4, -0.2) is 21.0 Å². The largest absolute Gasteiger partial charge is 0.360 e. The Morgan fingerprint density at radius 2 is 1.70 bits per heavy atom. The Kier molecular flexibility index (Phi) is 7.57. The van der Waals surface area contributed by atoms with E-state index in [4.69, 9.17) is 12.2 Å². The molecule has 3 nitrogen and oxygen atoms in total. The molecule has 1 heterocycles. The molecule has 0 atom stereocenters. The monoisotopic (exact) mass is 385 g/mol. The number of hydrogen-bond donors (Lipinski definition) is 1. The maximum Gasteiger partial charge on any atom is 0.169 e. The third-order valence-electron chi connectivity index (χ3n) is 5.12. The second-order valence-corrected chi connectivity index (χ2v) is 7.65. The van der Waals surface area contributed by atoms with Gasteiger partial charge in [0.2, 0.25) is 0 Å². The van der Waals surface area contributed by atoms with Crippen molar-refractivity contribution in [3.05, 3.63) is 65.7 Å². The van der Waals surface area contributed by atoms with E-state index in [9.17, 15) is 4.39 Å². The van der Waals surface area contributed by atoms with E-state index in [1.165, 1.54) is 38.2 Å². The van der Waals surface area contributed by atoms with Gasteiger partial charge in [-0.25, -0.2) is 4.39 Å². The van der Waals surface area contributed by atoms with Crippen molar-refractivity contribution in [2.75, 3.05) is 0 Å². The van der Waals surface area contributed by atoms with Crippen molar-refractivity contribution < 1.29 is 4.39 Å². The van der Waals surface area contributed by atoms with Gasteiger partial charge in [0.05, 0.1) is 12.2 Å². The molecule has 27 heavy (non-hydrogen) atoms. The van der Waals surface area contributed by atoms with Gasteiger partial charge in [-0.15, -0.1) is 0 Å². The average Bonchev–Trinajstić information content (AvgIpc) is 2.66. The van der Waals surface area contributed by atoms with Gasteiger partial charge in [-0.3, -0.25) is 4.98 Å². The predicted molar refractivity (Wildman–Crippen MR) is 112 cm³/mol. The second-order valence-electron chi connectivity index (χ2n) is 7.26. The first-order chi connectivity index (χ1) is 13.2. The number of halogens is 1. The highest BCUT2D eigenvalue weighted by Gasteiger charge is 2.18. The van der Waals surface area contributed by atoms with Crippen LogP contribution in [-0.2, 0) is 13.1 Å². The normalized spacial score (nSPS) is 15.6. The highest BCUT2D eigenvalue weighted by atomic mass is 32.1. The predicted octanol–water partition coefficient (Wildman–Crippen LogP) is 5.21. The van der Waals surface area contributed by atoms with E-state index < -0.39 is 0 Å². The summed E-state index contributed by atoms with van der Waals surface area (Å²) in [5.41, 5.74) is 1.57. The summed E-state index contributed by atoms with van der Waals surface area (Å²) in [6, 6.07) is 13.1. The molecule has 2 aromatic rings. The van der Waals surface area contributed by atoms with Crippen LogP contribution in [0.15, 0.2) is 48.7 Å². The number of hydrogen-bond acceptors (Lipinski definition) is 2. The number of nitrogens with zero attached hydrogens (tertiary/aromatic N) is 2. The van der Waals surface area contributed by atoms with Crippen LogP contribution in [0.5, 0.6) is 0 Å². The number of aromatic nitrogens is 1. The fraction of sp³-hybridized carbons (Fsp3) is 0.455. The lowest BCUT2D eigenvalue weighted by Gasteiger charge is -2.30. The highest BCUT2D eigenvalue weighted by molar-refractivity contribution is 7.80. The smallest absolute Gasteiger partial charge is 0.169 e. The Hall–Kier alpha value is -2.01. The second kappa shape index (κ2) is 10.4. The van der Waals surface area contributed by atoms with Crippen molar-refractivity contribution in [3.63, 3.8) is 0 Å². The van der Waals surface area contributed by atoms with Crippen LogP contribution in [0.1, 0.15) is 56.2 Å². The SMILES string of the molecule is Fc1ccccc1CN(Cc1ccccn1)C(=S)NC1CCCCCCC1. The Bertz CT molecular complexity index is 715. The zero-order valence-corrected chi connectivity index (χ0v) is 16.6. The van der Waals surface area contributed by atoms with Crippen LogP contribution in [0.3, 0.4) is 0 Å². The van der Waals surface area contributed by atoms with E-state index in [0.717, 1.165) is 18.5 Å². The fourth-order valence-corrected chi connectivity index (χ4v) is 3.88. The third kappa shape index (κ3) is 6.28. The average molecular weight is 386 g/mol. The number of thiocarbonyl (C=S) groups is 1. The molecule has 1 aliphatic carbocycles. The van der Waals surface area contributed by atoms with E-state index in [1.807, 2.05) is 35.2 Å². The van der Waals surface area contributed by atoms with Gasteiger partial charge >= 0.3 is 0 Å². The lowest BCUT2D eigenvalue weighted by Crippen LogP contribution is -2.44. The summed E-state index contributed by atoms with van der Waals surface area (Å²) in [5, 5.41) is 4.24. The van der Waals surface area contributed by atoms with Crippen molar-refractivity contribution in [2.45, 2.75) is 64.1 Å².